The Morgan fingerprint density at radius 1 is 1.16 bits per heavy atom. The van der Waals surface area contributed by atoms with Crippen LogP contribution < -0.4 is 4.74 Å². The largest absolute Gasteiger partial charge is 0.494 e. The highest BCUT2D eigenvalue weighted by Gasteiger charge is 2.32. The Hall–Kier alpha value is -2.53. The lowest BCUT2D eigenvalue weighted by atomic mass is 9.99. The molecule has 5 heteroatoms. The number of nitrogens with zero attached hydrogens (tertiary/aromatic N) is 2. The molecule has 1 atom stereocenters. The van der Waals surface area contributed by atoms with Crippen molar-refractivity contribution in [1.29, 1.82) is 0 Å². The molecule has 3 heterocycles. The normalized spacial score (nSPS) is 16.5. The van der Waals surface area contributed by atoms with E-state index in [0.29, 0.717) is 13.2 Å². The van der Waals surface area contributed by atoms with E-state index in [4.69, 9.17) is 4.74 Å². The molecule has 4 rings (SSSR count). The van der Waals surface area contributed by atoms with Crippen LogP contribution in [0, 0.1) is 0 Å². The topological polar surface area (TPSA) is 34.5 Å². The van der Waals surface area contributed by atoms with Gasteiger partial charge in [-0.2, -0.15) is 0 Å². The van der Waals surface area contributed by atoms with E-state index < -0.39 is 0 Å². The third kappa shape index (κ3) is 2.96. The molecule has 0 spiro atoms. The van der Waals surface area contributed by atoms with Crippen LogP contribution in [-0.2, 0) is 6.54 Å². The van der Waals surface area contributed by atoms with Gasteiger partial charge >= 0.3 is 0 Å². The summed E-state index contributed by atoms with van der Waals surface area (Å²) in [4.78, 5) is 15.8. The predicted octanol–water partition coefficient (Wildman–Crippen LogP) is 4.19. The molecule has 1 amide bonds. The van der Waals surface area contributed by atoms with Gasteiger partial charge in [-0.1, -0.05) is 18.2 Å². The van der Waals surface area contributed by atoms with Crippen molar-refractivity contribution in [2.24, 2.45) is 0 Å². The Morgan fingerprint density at radius 2 is 2.00 bits per heavy atom. The van der Waals surface area contributed by atoms with Crippen LogP contribution in [0.15, 0.2) is 60.1 Å². The first-order valence-corrected chi connectivity index (χ1v) is 9.38. The highest BCUT2D eigenvalue weighted by Crippen LogP contribution is 2.34. The number of thiophene rings is 1. The van der Waals surface area contributed by atoms with E-state index >= 15 is 0 Å². The van der Waals surface area contributed by atoms with Crippen LogP contribution in [0.4, 0.5) is 0 Å². The summed E-state index contributed by atoms with van der Waals surface area (Å²) in [6, 6.07) is 16.0. The van der Waals surface area contributed by atoms with Crippen LogP contribution in [0.1, 0.15) is 33.9 Å². The third-order valence-corrected chi connectivity index (χ3v) is 5.40. The second-order valence-electron chi connectivity index (χ2n) is 6.01. The fourth-order valence-corrected chi connectivity index (χ4v) is 4.09. The molecule has 0 N–H and O–H groups in total. The standard InChI is InChI=1S/C20H20N2O2S/c1-2-24-16-9-7-15(8-10-16)19-17-5-3-11-21(17)12-13-22(19)20(23)18-6-4-14-25-18/h3-11,14,19H,2,12-13H2,1H3. The van der Waals surface area contributed by atoms with E-state index in [1.807, 2.05) is 41.5 Å². The highest BCUT2D eigenvalue weighted by atomic mass is 32.1. The Morgan fingerprint density at radius 3 is 2.72 bits per heavy atom. The number of aromatic nitrogens is 1. The highest BCUT2D eigenvalue weighted by molar-refractivity contribution is 7.12. The minimum Gasteiger partial charge on any atom is -0.494 e. The minimum absolute atomic E-state index is 0.0750. The van der Waals surface area contributed by atoms with Gasteiger partial charge in [0.1, 0.15) is 5.75 Å². The fraction of sp³-hybridized carbons (Fsp3) is 0.250. The molecule has 0 radical (unpaired) electrons. The summed E-state index contributed by atoms with van der Waals surface area (Å²) in [5, 5.41) is 1.95. The second-order valence-corrected chi connectivity index (χ2v) is 6.95. The summed E-state index contributed by atoms with van der Waals surface area (Å²) >= 11 is 1.50. The van der Waals surface area contributed by atoms with Crippen molar-refractivity contribution in [3.05, 3.63) is 76.2 Å². The number of hydrogen-bond donors (Lipinski definition) is 0. The van der Waals surface area contributed by atoms with Crippen LogP contribution in [-0.4, -0.2) is 28.5 Å². The van der Waals surface area contributed by atoms with Crippen molar-refractivity contribution < 1.29 is 9.53 Å². The van der Waals surface area contributed by atoms with Crippen LogP contribution in [0.25, 0.3) is 0 Å². The molecule has 1 aliphatic rings. The Bertz CT molecular complexity index is 852. The summed E-state index contributed by atoms with van der Waals surface area (Å²) in [6.45, 7) is 4.15. The smallest absolute Gasteiger partial charge is 0.264 e. The number of hydrogen-bond acceptors (Lipinski definition) is 3. The number of fused-ring (bicyclic) bond motifs is 1. The summed E-state index contributed by atoms with van der Waals surface area (Å²) in [6.07, 6.45) is 2.09. The maximum absolute atomic E-state index is 13.0. The number of carbonyl (C=O) groups is 1. The first-order chi connectivity index (χ1) is 12.3. The van der Waals surface area contributed by atoms with Gasteiger partial charge in [-0.25, -0.2) is 0 Å². The van der Waals surface area contributed by atoms with Crippen LogP contribution in [0.5, 0.6) is 5.75 Å². The van der Waals surface area contributed by atoms with E-state index in [-0.39, 0.29) is 11.9 Å². The maximum Gasteiger partial charge on any atom is 0.264 e. The Balaban J connectivity index is 1.73. The zero-order chi connectivity index (χ0) is 17.2. The molecular formula is C20H20N2O2S. The van der Waals surface area contributed by atoms with Gasteiger partial charge in [0.2, 0.25) is 0 Å². The molecule has 0 saturated carbocycles. The van der Waals surface area contributed by atoms with Crippen molar-refractivity contribution in [2.75, 3.05) is 13.2 Å². The molecule has 1 aromatic carbocycles. The number of amides is 1. The SMILES string of the molecule is CCOc1ccc(C2c3cccn3CCN2C(=O)c2cccs2)cc1. The summed E-state index contributed by atoms with van der Waals surface area (Å²) in [7, 11) is 0. The number of rotatable bonds is 4. The summed E-state index contributed by atoms with van der Waals surface area (Å²) in [5.74, 6) is 0.954. The molecule has 2 aromatic heterocycles. The molecule has 4 nitrogen and oxygen atoms in total. The molecule has 3 aromatic rings. The molecule has 0 saturated heterocycles. The maximum atomic E-state index is 13.0. The lowest BCUT2D eigenvalue weighted by molar-refractivity contribution is 0.0669. The number of benzene rings is 1. The first-order valence-electron chi connectivity index (χ1n) is 8.50. The van der Waals surface area contributed by atoms with E-state index in [2.05, 4.69) is 35.0 Å². The lowest BCUT2D eigenvalue weighted by Gasteiger charge is -2.37. The third-order valence-electron chi connectivity index (χ3n) is 4.54. The van der Waals surface area contributed by atoms with Gasteiger partial charge in [-0.05, 0) is 48.2 Å². The van der Waals surface area contributed by atoms with Gasteiger partial charge in [0, 0.05) is 25.0 Å². The molecule has 1 unspecified atom stereocenters. The van der Waals surface area contributed by atoms with Crippen LogP contribution in [0.3, 0.4) is 0 Å². The molecule has 0 bridgehead atoms. The average Bonchev–Trinajstić information content (AvgIpc) is 3.33. The summed E-state index contributed by atoms with van der Waals surface area (Å²) < 4.78 is 7.79. The van der Waals surface area contributed by atoms with Gasteiger partial charge in [0.25, 0.3) is 5.91 Å². The Kier molecular flexibility index (Phi) is 4.32. The molecule has 0 fully saturated rings. The van der Waals surface area contributed by atoms with E-state index in [1.165, 1.54) is 11.3 Å². The number of carbonyl (C=O) groups excluding carboxylic acids is 1. The summed E-state index contributed by atoms with van der Waals surface area (Å²) in [5.41, 5.74) is 2.26. The zero-order valence-electron chi connectivity index (χ0n) is 14.1. The molecular weight excluding hydrogens is 332 g/mol. The fourth-order valence-electron chi connectivity index (χ4n) is 3.41. The van der Waals surface area contributed by atoms with Gasteiger partial charge < -0.3 is 14.2 Å². The van der Waals surface area contributed by atoms with Crippen LogP contribution in [0.2, 0.25) is 0 Å². The average molecular weight is 352 g/mol. The van der Waals surface area contributed by atoms with Crippen LogP contribution >= 0.6 is 11.3 Å². The van der Waals surface area contributed by atoms with Crippen molar-refractivity contribution >= 4 is 17.2 Å². The van der Waals surface area contributed by atoms with Gasteiger partial charge in [-0.3, -0.25) is 4.79 Å². The van der Waals surface area contributed by atoms with Gasteiger partial charge in [-0.15, -0.1) is 11.3 Å². The Labute approximate surface area is 151 Å². The van der Waals surface area contributed by atoms with Gasteiger partial charge in [0.15, 0.2) is 0 Å². The first kappa shape index (κ1) is 16.0. The minimum atomic E-state index is -0.0750. The van der Waals surface area contributed by atoms with Gasteiger partial charge in [0.05, 0.1) is 17.5 Å². The van der Waals surface area contributed by atoms with E-state index in [0.717, 1.165) is 28.4 Å². The van der Waals surface area contributed by atoms with Crippen molar-refractivity contribution in [2.45, 2.75) is 19.5 Å². The second kappa shape index (κ2) is 6.76. The molecule has 0 aliphatic carbocycles. The zero-order valence-corrected chi connectivity index (χ0v) is 14.9. The molecule has 128 valence electrons. The van der Waals surface area contributed by atoms with E-state index in [9.17, 15) is 4.79 Å². The number of ether oxygens (including phenoxy) is 1. The monoisotopic (exact) mass is 352 g/mol. The van der Waals surface area contributed by atoms with E-state index in [1.54, 1.807) is 0 Å². The van der Waals surface area contributed by atoms with Crippen molar-refractivity contribution in [1.82, 2.24) is 9.47 Å². The lowest BCUT2D eigenvalue weighted by Crippen LogP contribution is -2.42. The molecule has 25 heavy (non-hydrogen) atoms. The quantitative estimate of drug-likeness (QED) is 0.705. The van der Waals surface area contributed by atoms with Crippen molar-refractivity contribution in [3.63, 3.8) is 0 Å². The molecule has 1 aliphatic heterocycles. The predicted molar refractivity (Wildman–Crippen MR) is 99.2 cm³/mol. The van der Waals surface area contributed by atoms with Crippen molar-refractivity contribution in [3.8, 4) is 5.75 Å².